The monoisotopic (exact) mass is 412 g/mol. The van der Waals surface area contributed by atoms with Crippen molar-refractivity contribution in [1.82, 2.24) is 0 Å². The summed E-state index contributed by atoms with van der Waals surface area (Å²) < 4.78 is 49.0. The lowest BCUT2D eigenvalue weighted by Gasteiger charge is -2.13. The summed E-state index contributed by atoms with van der Waals surface area (Å²) >= 11 is 0. The number of ether oxygens (including phenoxy) is 2. The molecular formula is C18H15F3N2O6. The number of hydrogen-bond acceptors (Lipinski definition) is 6. The van der Waals surface area contributed by atoms with Gasteiger partial charge in [0.15, 0.2) is 6.61 Å². The first-order chi connectivity index (χ1) is 13.6. The zero-order valence-electron chi connectivity index (χ0n) is 15.0. The van der Waals surface area contributed by atoms with Crippen molar-refractivity contribution in [1.29, 1.82) is 0 Å². The van der Waals surface area contributed by atoms with Gasteiger partial charge >= 0.3 is 12.1 Å². The van der Waals surface area contributed by atoms with Gasteiger partial charge < -0.3 is 14.8 Å². The van der Waals surface area contributed by atoms with Crippen molar-refractivity contribution in [3.63, 3.8) is 0 Å². The summed E-state index contributed by atoms with van der Waals surface area (Å²) in [5.74, 6) is -1.88. The number of amides is 1. The predicted octanol–water partition coefficient (Wildman–Crippen LogP) is 3.56. The molecule has 0 aromatic heterocycles. The first-order valence-corrected chi connectivity index (χ1v) is 8.02. The third kappa shape index (κ3) is 6.01. The topological polar surface area (TPSA) is 108 Å². The highest BCUT2D eigenvalue weighted by atomic mass is 19.4. The largest absolute Gasteiger partial charge is 0.452 e. The molecule has 2 rings (SSSR count). The third-order valence-electron chi connectivity index (χ3n) is 3.63. The number of hydrogen-bond donors (Lipinski definition) is 1. The maximum absolute atomic E-state index is 13.1. The molecule has 154 valence electrons. The van der Waals surface area contributed by atoms with Crippen LogP contribution in [0, 0.1) is 10.1 Å². The van der Waals surface area contributed by atoms with E-state index in [2.05, 4.69) is 0 Å². The highest BCUT2D eigenvalue weighted by molar-refractivity contribution is 5.96. The van der Waals surface area contributed by atoms with Gasteiger partial charge in [-0.25, -0.2) is 4.79 Å². The SMILES string of the molecule is COCc1ccc(C(=O)OCC(=O)Nc2ccc([N+](=O)[O-])cc2C(F)(F)F)cc1. The third-order valence-corrected chi connectivity index (χ3v) is 3.63. The van der Waals surface area contributed by atoms with Crippen LogP contribution in [-0.2, 0) is 27.1 Å². The maximum Gasteiger partial charge on any atom is 0.418 e. The molecule has 29 heavy (non-hydrogen) atoms. The number of nitro benzene ring substituents is 1. The number of nitrogens with one attached hydrogen (secondary N) is 1. The first kappa shape index (κ1) is 21.8. The number of halogens is 3. The Hall–Kier alpha value is -3.47. The van der Waals surface area contributed by atoms with Gasteiger partial charge in [-0.15, -0.1) is 0 Å². The van der Waals surface area contributed by atoms with Gasteiger partial charge in [0.2, 0.25) is 0 Å². The molecule has 0 aliphatic heterocycles. The molecule has 11 heteroatoms. The van der Waals surface area contributed by atoms with E-state index < -0.39 is 46.5 Å². The number of carbonyl (C=O) groups excluding carboxylic acids is 2. The van der Waals surface area contributed by atoms with Gasteiger partial charge in [0.05, 0.1) is 28.3 Å². The highest BCUT2D eigenvalue weighted by Crippen LogP contribution is 2.37. The number of alkyl halides is 3. The molecule has 0 bridgehead atoms. The molecular weight excluding hydrogens is 397 g/mol. The molecule has 0 saturated carbocycles. The normalized spacial score (nSPS) is 11.0. The number of esters is 1. The summed E-state index contributed by atoms with van der Waals surface area (Å²) in [6, 6.07) is 8.02. The molecule has 0 heterocycles. The minimum Gasteiger partial charge on any atom is -0.452 e. The van der Waals surface area contributed by atoms with Crippen molar-refractivity contribution in [3.8, 4) is 0 Å². The number of rotatable bonds is 7. The number of methoxy groups -OCH3 is 1. The van der Waals surface area contributed by atoms with Gasteiger partial charge in [-0.3, -0.25) is 14.9 Å². The van der Waals surface area contributed by atoms with Crippen molar-refractivity contribution < 1.29 is 37.2 Å². The molecule has 1 N–H and O–H groups in total. The van der Waals surface area contributed by atoms with E-state index in [1.807, 2.05) is 5.32 Å². The van der Waals surface area contributed by atoms with Crippen molar-refractivity contribution in [2.24, 2.45) is 0 Å². The summed E-state index contributed by atoms with van der Waals surface area (Å²) in [7, 11) is 1.51. The lowest BCUT2D eigenvalue weighted by Crippen LogP contribution is -2.23. The lowest BCUT2D eigenvalue weighted by atomic mass is 10.1. The second-order valence-corrected chi connectivity index (χ2v) is 5.74. The van der Waals surface area contributed by atoms with Crippen LogP contribution in [0.25, 0.3) is 0 Å². The number of carbonyl (C=O) groups is 2. The summed E-state index contributed by atoms with van der Waals surface area (Å²) in [5, 5.41) is 12.6. The zero-order valence-corrected chi connectivity index (χ0v) is 15.0. The van der Waals surface area contributed by atoms with Crippen LogP contribution in [0.15, 0.2) is 42.5 Å². The Morgan fingerprint density at radius 2 is 1.79 bits per heavy atom. The van der Waals surface area contributed by atoms with Crippen molar-refractivity contribution in [2.45, 2.75) is 12.8 Å². The maximum atomic E-state index is 13.1. The van der Waals surface area contributed by atoms with Gasteiger partial charge in [-0.05, 0) is 23.8 Å². The Morgan fingerprint density at radius 1 is 1.14 bits per heavy atom. The molecule has 0 fully saturated rings. The smallest absolute Gasteiger partial charge is 0.418 e. The van der Waals surface area contributed by atoms with E-state index in [0.717, 1.165) is 17.7 Å². The van der Waals surface area contributed by atoms with Gasteiger partial charge in [0.1, 0.15) is 0 Å². The molecule has 2 aromatic carbocycles. The van der Waals surface area contributed by atoms with Crippen molar-refractivity contribution >= 4 is 23.3 Å². The van der Waals surface area contributed by atoms with E-state index in [9.17, 15) is 32.9 Å². The summed E-state index contributed by atoms with van der Waals surface area (Å²) in [4.78, 5) is 33.5. The summed E-state index contributed by atoms with van der Waals surface area (Å²) in [6.07, 6.45) is -4.94. The quantitative estimate of drug-likeness (QED) is 0.423. The molecule has 0 radical (unpaired) electrons. The van der Waals surface area contributed by atoms with Crippen LogP contribution in [0.2, 0.25) is 0 Å². The Bertz CT molecular complexity index is 913. The van der Waals surface area contributed by atoms with E-state index in [4.69, 9.17) is 9.47 Å². The van der Waals surface area contributed by atoms with E-state index in [1.165, 1.54) is 19.2 Å². The van der Waals surface area contributed by atoms with Crippen LogP contribution < -0.4 is 5.32 Å². The zero-order chi connectivity index (χ0) is 21.6. The number of non-ortho nitro benzene ring substituents is 1. The fourth-order valence-corrected chi connectivity index (χ4v) is 2.29. The molecule has 2 aromatic rings. The van der Waals surface area contributed by atoms with Crippen LogP contribution in [-0.4, -0.2) is 30.5 Å². The molecule has 0 aliphatic rings. The van der Waals surface area contributed by atoms with Gasteiger partial charge in [-0.1, -0.05) is 12.1 Å². The molecule has 0 saturated heterocycles. The minimum atomic E-state index is -4.94. The van der Waals surface area contributed by atoms with Crippen LogP contribution in [0.5, 0.6) is 0 Å². The van der Waals surface area contributed by atoms with Crippen LogP contribution in [0.1, 0.15) is 21.5 Å². The van der Waals surface area contributed by atoms with Crippen LogP contribution in [0.3, 0.4) is 0 Å². The predicted molar refractivity (Wildman–Crippen MR) is 94.2 cm³/mol. The number of anilines is 1. The summed E-state index contributed by atoms with van der Waals surface area (Å²) in [6.45, 7) is -0.499. The first-order valence-electron chi connectivity index (χ1n) is 8.02. The van der Waals surface area contributed by atoms with E-state index in [0.29, 0.717) is 12.7 Å². The van der Waals surface area contributed by atoms with Gasteiger partial charge in [-0.2, -0.15) is 13.2 Å². The number of benzene rings is 2. The number of nitrogens with zero attached hydrogens (tertiary/aromatic N) is 1. The van der Waals surface area contributed by atoms with E-state index in [1.54, 1.807) is 12.1 Å². The molecule has 0 aliphatic carbocycles. The van der Waals surface area contributed by atoms with E-state index in [-0.39, 0.29) is 5.56 Å². The molecule has 0 atom stereocenters. The standard InChI is InChI=1S/C18H15F3N2O6/c1-28-9-11-2-4-12(5-3-11)17(25)29-10-16(24)22-15-7-6-13(23(26)27)8-14(15)18(19,20)21/h2-8H,9-10H2,1H3,(H,22,24). The fourth-order valence-electron chi connectivity index (χ4n) is 2.29. The highest BCUT2D eigenvalue weighted by Gasteiger charge is 2.35. The average molecular weight is 412 g/mol. The van der Waals surface area contributed by atoms with Crippen molar-refractivity contribution in [3.05, 3.63) is 69.3 Å². The Labute approximate surface area is 162 Å². The molecule has 0 unspecified atom stereocenters. The van der Waals surface area contributed by atoms with Crippen molar-refractivity contribution in [2.75, 3.05) is 19.0 Å². The summed E-state index contributed by atoms with van der Waals surface area (Å²) in [5.41, 5.74) is -1.91. The second kappa shape index (κ2) is 9.15. The van der Waals surface area contributed by atoms with Crippen LogP contribution >= 0.6 is 0 Å². The fraction of sp³-hybridized carbons (Fsp3) is 0.222. The van der Waals surface area contributed by atoms with Gasteiger partial charge in [0, 0.05) is 19.2 Å². The Kier molecular flexibility index (Phi) is 6.89. The van der Waals surface area contributed by atoms with Gasteiger partial charge in [0.25, 0.3) is 11.6 Å². The van der Waals surface area contributed by atoms with E-state index >= 15 is 0 Å². The van der Waals surface area contributed by atoms with Crippen LogP contribution in [0.4, 0.5) is 24.5 Å². The average Bonchev–Trinajstić information content (AvgIpc) is 2.66. The lowest BCUT2D eigenvalue weighted by molar-refractivity contribution is -0.385. The Morgan fingerprint density at radius 3 is 2.34 bits per heavy atom. The molecule has 1 amide bonds. The molecule has 8 nitrogen and oxygen atoms in total. The number of nitro groups is 1. The second-order valence-electron chi connectivity index (χ2n) is 5.74. The molecule has 0 spiro atoms. The minimum absolute atomic E-state index is 0.143. The Balaban J connectivity index is 2.03.